The van der Waals surface area contributed by atoms with Crippen LogP contribution in [0.2, 0.25) is 5.02 Å². The molecule has 0 amide bonds. The molecule has 0 aliphatic heterocycles. The first-order valence-corrected chi connectivity index (χ1v) is 8.16. The van der Waals surface area contributed by atoms with Crippen molar-refractivity contribution < 1.29 is 23.8 Å². The second kappa shape index (κ2) is 7.68. The van der Waals surface area contributed by atoms with Crippen molar-refractivity contribution in [2.45, 2.75) is 6.61 Å². The summed E-state index contributed by atoms with van der Waals surface area (Å²) in [4.78, 5) is 0. The molecule has 3 rings (SSSR count). The predicted molar refractivity (Wildman–Crippen MR) is 98.0 cm³/mol. The maximum Gasteiger partial charge on any atom is 0.203 e. The lowest BCUT2D eigenvalue weighted by Crippen LogP contribution is -1.97. The van der Waals surface area contributed by atoms with Gasteiger partial charge in [0.15, 0.2) is 17.3 Å². The van der Waals surface area contributed by atoms with Gasteiger partial charge in [0, 0.05) is 16.1 Å². The molecule has 0 spiro atoms. The van der Waals surface area contributed by atoms with Crippen LogP contribution in [0.15, 0.2) is 40.9 Å². The van der Waals surface area contributed by atoms with Crippen LogP contribution in [-0.4, -0.2) is 31.6 Å². The lowest BCUT2D eigenvalue weighted by atomic mass is 10.0. The number of hydrogen-bond donors (Lipinski definition) is 1. The van der Waals surface area contributed by atoms with Crippen LogP contribution in [0.25, 0.3) is 22.6 Å². The molecule has 1 aromatic heterocycles. The molecule has 1 heterocycles. The molecule has 0 aliphatic carbocycles. The minimum absolute atomic E-state index is 0.253. The summed E-state index contributed by atoms with van der Waals surface area (Å²) < 4.78 is 21.6. The highest BCUT2D eigenvalue weighted by Crippen LogP contribution is 2.42. The van der Waals surface area contributed by atoms with Gasteiger partial charge >= 0.3 is 0 Å². The SMILES string of the molecule is COc1cc(-c2noc(-c3cccc(Cl)c3)c2CO)cc(OC)c1OC. The van der Waals surface area contributed by atoms with Crippen molar-refractivity contribution in [3.05, 3.63) is 47.0 Å². The van der Waals surface area contributed by atoms with Crippen LogP contribution in [0.1, 0.15) is 5.56 Å². The normalized spacial score (nSPS) is 10.7. The molecule has 136 valence electrons. The Morgan fingerprint density at radius 1 is 1.00 bits per heavy atom. The number of benzene rings is 2. The van der Waals surface area contributed by atoms with Gasteiger partial charge in [-0.25, -0.2) is 0 Å². The van der Waals surface area contributed by atoms with Gasteiger partial charge < -0.3 is 23.8 Å². The van der Waals surface area contributed by atoms with E-state index in [9.17, 15) is 5.11 Å². The Balaban J connectivity index is 2.16. The summed E-state index contributed by atoms with van der Waals surface area (Å²) >= 11 is 6.06. The van der Waals surface area contributed by atoms with Crippen molar-refractivity contribution in [3.63, 3.8) is 0 Å². The van der Waals surface area contributed by atoms with Crippen LogP contribution in [-0.2, 0) is 6.61 Å². The number of ether oxygens (including phenoxy) is 3. The highest BCUT2D eigenvalue weighted by Gasteiger charge is 2.22. The van der Waals surface area contributed by atoms with E-state index in [1.54, 1.807) is 30.3 Å². The van der Waals surface area contributed by atoms with E-state index in [2.05, 4.69) is 5.16 Å². The van der Waals surface area contributed by atoms with Crippen molar-refractivity contribution in [2.24, 2.45) is 0 Å². The molecule has 6 nitrogen and oxygen atoms in total. The van der Waals surface area contributed by atoms with Crippen molar-refractivity contribution in [3.8, 4) is 39.8 Å². The van der Waals surface area contributed by atoms with E-state index in [1.165, 1.54) is 21.3 Å². The lowest BCUT2D eigenvalue weighted by Gasteiger charge is -2.13. The van der Waals surface area contributed by atoms with Crippen LogP contribution in [0.3, 0.4) is 0 Å². The van der Waals surface area contributed by atoms with Gasteiger partial charge in [-0.2, -0.15) is 0 Å². The summed E-state index contributed by atoms with van der Waals surface area (Å²) in [6.45, 7) is -0.253. The van der Waals surface area contributed by atoms with Gasteiger partial charge in [0.1, 0.15) is 5.69 Å². The molecule has 0 unspecified atom stereocenters. The largest absolute Gasteiger partial charge is 0.493 e. The van der Waals surface area contributed by atoms with Gasteiger partial charge in [-0.15, -0.1) is 0 Å². The summed E-state index contributed by atoms with van der Waals surface area (Å²) in [7, 11) is 4.61. The molecule has 2 aromatic carbocycles. The smallest absolute Gasteiger partial charge is 0.203 e. The monoisotopic (exact) mass is 375 g/mol. The third-order valence-corrected chi connectivity index (χ3v) is 4.21. The topological polar surface area (TPSA) is 74.0 Å². The number of methoxy groups -OCH3 is 3. The maximum absolute atomic E-state index is 9.91. The van der Waals surface area contributed by atoms with E-state index in [-0.39, 0.29) is 6.61 Å². The average Bonchev–Trinajstić information content (AvgIpc) is 3.10. The van der Waals surface area contributed by atoms with Gasteiger partial charge in [-0.05, 0) is 24.3 Å². The van der Waals surface area contributed by atoms with Gasteiger partial charge in [-0.3, -0.25) is 0 Å². The summed E-state index contributed by atoms with van der Waals surface area (Å²) in [5.41, 5.74) is 2.43. The van der Waals surface area contributed by atoms with Gasteiger partial charge in [0.05, 0.1) is 33.5 Å². The highest BCUT2D eigenvalue weighted by molar-refractivity contribution is 6.30. The number of aliphatic hydroxyl groups is 1. The van der Waals surface area contributed by atoms with Crippen molar-refractivity contribution in [1.82, 2.24) is 5.16 Å². The first kappa shape index (κ1) is 18.1. The number of aliphatic hydroxyl groups excluding tert-OH is 1. The van der Waals surface area contributed by atoms with Gasteiger partial charge in [-0.1, -0.05) is 28.9 Å². The van der Waals surface area contributed by atoms with E-state index in [1.807, 2.05) is 6.07 Å². The Labute approximate surface area is 155 Å². The zero-order valence-electron chi connectivity index (χ0n) is 14.6. The summed E-state index contributed by atoms with van der Waals surface area (Å²) in [6, 6.07) is 10.7. The Kier molecular flexibility index (Phi) is 5.35. The molecule has 26 heavy (non-hydrogen) atoms. The molecule has 3 aromatic rings. The van der Waals surface area contributed by atoms with Gasteiger partial charge in [0.2, 0.25) is 5.75 Å². The number of rotatable bonds is 6. The summed E-state index contributed by atoms with van der Waals surface area (Å²) in [5, 5.41) is 14.6. The van der Waals surface area contributed by atoms with Crippen LogP contribution in [0.5, 0.6) is 17.2 Å². The molecule has 0 radical (unpaired) electrons. The second-order valence-corrected chi connectivity index (χ2v) is 5.86. The van der Waals surface area contributed by atoms with Crippen LogP contribution in [0, 0.1) is 0 Å². The van der Waals surface area contributed by atoms with E-state index < -0.39 is 0 Å². The van der Waals surface area contributed by atoms with Crippen molar-refractivity contribution in [1.29, 1.82) is 0 Å². The van der Waals surface area contributed by atoms with Crippen LogP contribution < -0.4 is 14.2 Å². The van der Waals surface area contributed by atoms with Gasteiger partial charge in [0.25, 0.3) is 0 Å². The average molecular weight is 376 g/mol. The number of aromatic nitrogens is 1. The summed E-state index contributed by atoms with van der Waals surface area (Å²) in [6.07, 6.45) is 0. The fourth-order valence-electron chi connectivity index (χ4n) is 2.76. The number of halogens is 1. The number of hydrogen-bond acceptors (Lipinski definition) is 6. The van der Waals surface area contributed by atoms with E-state index in [0.29, 0.717) is 44.9 Å². The molecule has 0 aliphatic rings. The maximum atomic E-state index is 9.91. The Morgan fingerprint density at radius 3 is 2.23 bits per heavy atom. The van der Waals surface area contributed by atoms with E-state index in [0.717, 1.165) is 5.56 Å². The molecule has 0 saturated carbocycles. The quantitative estimate of drug-likeness (QED) is 0.696. The van der Waals surface area contributed by atoms with E-state index >= 15 is 0 Å². The lowest BCUT2D eigenvalue weighted by molar-refractivity contribution is 0.281. The van der Waals surface area contributed by atoms with Crippen LogP contribution in [0.4, 0.5) is 0 Å². The fraction of sp³-hybridized carbons (Fsp3) is 0.211. The molecule has 1 N–H and O–H groups in total. The molecule has 0 atom stereocenters. The second-order valence-electron chi connectivity index (χ2n) is 5.42. The number of nitrogens with zero attached hydrogens (tertiary/aromatic N) is 1. The standard InChI is InChI=1S/C19H18ClNO5/c1-23-15-8-12(9-16(24-2)19(15)25-3)17-14(10-22)18(26-21-17)11-5-4-6-13(20)7-11/h4-9,22H,10H2,1-3H3. The molecule has 7 heteroatoms. The summed E-state index contributed by atoms with van der Waals surface area (Å²) in [5.74, 6) is 1.90. The highest BCUT2D eigenvalue weighted by atomic mass is 35.5. The van der Waals surface area contributed by atoms with E-state index in [4.69, 9.17) is 30.3 Å². The predicted octanol–water partition coefficient (Wildman–Crippen LogP) is 4.18. The third kappa shape index (κ3) is 3.21. The minimum atomic E-state index is -0.253. The Hall–Kier alpha value is -2.70. The first-order valence-electron chi connectivity index (χ1n) is 7.78. The van der Waals surface area contributed by atoms with Crippen molar-refractivity contribution >= 4 is 11.6 Å². The Morgan fingerprint density at radius 2 is 1.69 bits per heavy atom. The first-order chi connectivity index (χ1) is 12.6. The zero-order chi connectivity index (χ0) is 18.7. The molecule has 0 fully saturated rings. The zero-order valence-corrected chi connectivity index (χ0v) is 15.3. The van der Waals surface area contributed by atoms with Crippen LogP contribution >= 0.6 is 11.6 Å². The molecule has 0 saturated heterocycles. The van der Waals surface area contributed by atoms with Crippen molar-refractivity contribution in [2.75, 3.05) is 21.3 Å². The molecular weight excluding hydrogens is 358 g/mol. The fourth-order valence-corrected chi connectivity index (χ4v) is 2.95. The Bertz CT molecular complexity index is 897. The third-order valence-electron chi connectivity index (χ3n) is 3.97. The molecular formula is C19H18ClNO5. The minimum Gasteiger partial charge on any atom is -0.493 e. The molecule has 0 bridgehead atoms.